The van der Waals surface area contributed by atoms with Crippen LogP contribution in [0.4, 0.5) is 10.1 Å². The van der Waals surface area contributed by atoms with E-state index in [1.54, 1.807) is 6.92 Å². The molecule has 1 aromatic rings. The summed E-state index contributed by atoms with van der Waals surface area (Å²) in [6.45, 7) is 8.06. The van der Waals surface area contributed by atoms with E-state index in [0.717, 1.165) is 31.8 Å². The van der Waals surface area contributed by atoms with Gasteiger partial charge in [0.1, 0.15) is 5.82 Å². The van der Waals surface area contributed by atoms with Gasteiger partial charge in [-0.05, 0) is 55.7 Å². The predicted molar refractivity (Wildman–Crippen MR) is 81.4 cm³/mol. The smallest absolute Gasteiger partial charge is 0.146 e. The molecular weight excluding hydrogens is 253 g/mol. The van der Waals surface area contributed by atoms with Crippen molar-refractivity contribution >= 4 is 5.69 Å². The van der Waals surface area contributed by atoms with E-state index in [-0.39, 0.29) is 5.82 Å². The molecule has 1 saturated heterocycles. The van der Waals surface area contributed by atoms with Gasteiger partial charge in [0.15, 0.2) is 0 Å². The maximum atomic E-state index is 14.2. The van der Waals surface area contributed by atoms with Gasteiger partial charge < -0.3 is 10.0 Å². The molecule has 0 saturated carbocycles. The third kappa shape index (κ3) is 3.51. The van der Waals surface area contributed by atoms with Crippen molar-refractivity contribution in [3.63, 3.8) is 0 Å². The monoisotopic (exact) mass is 279 g/mol. The molecule has 0 amide bonds. The highest BCUT2D eigenvalue weighted by Gasteiger charge is 2.21. The molecular formula is C17H26FNO. The average Bonchev–Trinajstić information content (AvgIpc) is 2.64. The molecule has 1 aliphatic heterocycles. The number of aliphatic hydroxyl groups excluding tert-OH is 1. The topological polar surface area (TPSA) is 23.5 Å². The first-order valence-electron chi connectivity index (χ1n) is 7.71. The van der Waals surface area contributed by atoms with Crippen molar-refractivity contribution in [3.8, 4) is 0 Å². The number of anilines is 1. The van der Waals surface area contributed by atoms with E-state index in [1.165, 1.54) is 12.5 Å². The number of nitrogens with zero attached hydrogens (tertiary/aromatic N) is 1. The van der Waals surface area contributed by atoms with Gasteiger partial charge in [0, 0.05) is 13.1 Å². The fourth-order valence-electron chi connectivity index (χ4n) is 3.07. The van der Waals surface area contributed by atoms with Crippen molar-refractivity contribution in [3.05, 3.63) is 29.6 Å². The minimum atomic E-state index is -0.618. The highest BCUT2D eigenvalue weighted by molar-refractivity contribution is 5.49. The Hall–Kier alpha value is -1.09. The first-order valence-corrected chi connectivity index (χ1v) is 7.71. The third-order valence-electron chi connectivity index (χ3n) is 4.51. The molecule has 1 fully saturated rings. The highest BCUT2D eigenvalue weighted by atomic mass is 19.1. The largest absolute Gasteiger partial charge is 0.389 e. The van der Waals surface area contributed by atoms with Gasteiger partial charge in [0.2, 0.25) is 0 Å². The summed E-state index contributed by atoms with van der Waals surface area (Å²) >= 11 is 0. The van der Waals surface area contributed by atoms with Crippen molar-refractivity contribution in [1.29, 1.82) is 0 Å². The van der Waals surface area contributed by atoms with Crippen LogP contribution in [0.1, 0.15) is 51.7 Å². The molecule has 0 bridgehead atoms. The lowest BCUT2D eigenvalue weighted by Gasteiger charge is -2.24. The molecule has 0 aromatic heterocycles. The van der Waals surface area contributed by atoms with E-state index < -0.39 is 6.10 Å². The molecule has 1 aliphatic rings. The Morgan fingerprint density at radius 2 is 1.95 bits per heavy atom. The lowest BCUT2D eigenvalue weighted by Crippen LogP contribution is -2.25. The summed E-state index contributed by atoms with van der Waals surface area (Å²) in [5.41, 5.74) is 1.32. The average molecular weight is 279 g/mol. The number of aliphatic hydroxyl groups is 1. The van der Waals surface area contributed by atoms with Crippen molar-refractivity contribution in [2.75, 3.05) is 18.0 Å². The minimum absolute atomic E-state index is 0.216. The van der Waals surface area contributed by atoms with Crippen LogP contribution < -0.4 is 4.90 Å². The van der Waals surface area contributed by atoms with Gasteiger partial charge in [0.05, 0.1) is 11.8 Å². The summed E-state index contributed by atoms with van der Waals surface area (Å²) in [5.74, 6) is 1.24. The second kappa shape index (κ2) is 6.57. The Morgan fingerprint density at radius 1 is 1.20 bits per heavy atom. The molecule has 1 N–H and O–H groups in total. The molecule has 2 nitrogen and oxygen atoms in total. The molecule has 20 heavy (non-hydrogen) atoms. The number of rotatable bonds is 3. The molecule has 1 unspecified atom stereocenters. The molecule has 0 radical (unpaired) electrons. The van der Waals surface area contributed by atoms with Gasteiger partial charge in [-0.25, -0.2) is 4.39 Å². The van der Waals surface area contributed by atoms with Crippen molar-refractivity contribution in [2.24, 2.45) is 11.8 Å². The molecule has 1 aromatic carbocycles. The Bertz CT molecular complexity index is 445. The predicted octanol–water partition coefficient (Wildman–Crippen LogP) is 4.14. The van der Waals surface area contributed by atoms with Crippen LogP contribution >= 0.6 is 0 Å². The standard InChI is InChI=1S/C17H26FNO/c1-12(2)14-5-4-9-19(10-8-14)17-7-6-15(13(3)20)11-16(17)18/h6-7,11-14,20H,4-5,8-10H2,1-3H3/t13-,14?/m0/s1. The van der Waals surface area contributed by atoms with E-state index in [9.17, 15) is 9.50 Å². The van der Waals surface area contributed by atoms with Gasteiger partial charge in [-0.15, -0.1) is 0 Å². The first-order chi connectivity index (χ1) is 9.49. The summed E-state index contributed by atoms with van der Waals surface area (Å²) in [7, 11) is 0. The van der Waals surface area contributed by atoms with Crippen LogP contribution in [-0.2, 0) is 0 Å². The molecule has 3 heteroatoms. The molecule has 2 atom stereocenters. The quantitative estimate of drug-likeness (QED) is 0.898. The van der Waals surface area contributed by atoms with Crippen molar-refractivity contribution in [1.82, 2.24) is 0 Å². The summed E-state index contributed by atoms with van der Waals surface area (Å²) in [6.07, 6.45) is 2.88. The van der Waals surface area contributed by atoms with E-state index in [4.69, 9.17) is 0 Å². The van der Waals surface area contributed by atoms with Crippen LogP contribution in [0.2, 0.25) is 0 Å². The Labute approximate surface area is 121 Å². The van der Waals surface area contributed by atoms with Crippen LogP contribution in [0.25, 0.3) is 0 Å². The second-order valence-electron chi connectivity index (χ2n) is 6.31. The van der Waals surface area contributed by atoms with Crippen molar-refractivity contribution in [2.45, 2.75) is 46.1 Å². The van der Waals surface area contributed by atoms with E-state index in [2.05, 4.69) is 18.7 Å². The normalized spacial score (nSPS) is 21.9. The zero-order valence-electron chi connectivity index (χ0n) is 12.8. The fourth-order valence-corrected chi connectivity index (χ4v) is 3.07. The summed E-state index contributed by atoms with van der Waals surface area (Å²) in [6, 6.07) is 5.10. The minimum Gasteiger partial charge on any atom is -0.389 e. The highest BCUT2D eigenvalue weighted by Crippen LogP contribution is 2.29. The first kappa shape index (κ1) is 15.3. The molecule has 0 spiro atoms. The van der Waals surface area contributed by atoms with Gasteiger partial charge in [-0.3, -0.25) is 0 Å². The Balaban J connectivity index is 2.12. The van der Waals surface area contributed by atoms with E-state index in [0.29, 0.717) is 17.2 Å². The third-order valence-corrected chi connectivity index (χ3v) is 4.51. The zero-order valence-corrected chi connectivity index (χ0v) is 12.8. The molecule has 0 aliphatic carbocycles. The number of hydrogen-bond acceptors (Lipinski definition) is 2. The maximum absolute atomic E-state index is 14.2. The van der Waals surface area contributed by atoms with Gasteiger partial charge in [-0.2, -0.15) is 0 Å². The van der Waals surface area contributed by atoms with Crippen LogP contribution in [0, 0.1) is 17.7 Å². The lowest BCUT2D eigenvalue weighted by atomic mass is 9.89. The second-order valence-corrected chi connectivity index (χ2v) is 6.31. The van der Waals surface area contributed by atoms with Gasteiger partial charge >= 0.3 is 0 Å². The van der Waals surface area contributed by atoms with Crippen molar-refractivity contribution < 1.29 is 9.50 Å². The summed E-state index contributed by atoms with van der Waals surface area (Å²) < 4.78 is 14.2. The fraction of sp³-hybridized carbons (Fsp3) is 0.647. The van der Waals surface area contributed by atoms with E-state index >= 15 is 0 Å². The van der Waals surface area contributed by atoms with Crippen LogP contribution in [0.3, 0.4) is 0 Å². The molecule has 112 valence electrons. The van der Waals surface area contributed by atoms with E-state index in [1.807, 2.05) is 12.1 Å². The van der Waals surface area contributed by atoms with Crippen LogP contribution in [-0.4, -0.2) is 18.2 Å². The van der Waals surface area contributed by atoms with Crippen LogP contribution in [0.5, 0.6) is 0 Å². The number of halogens is 1. The van der Waals surface area contributed by atoms with Gasteiger partial charge in [0.25, 0.3) is 0 Å². The SMILES string of the molecule is CC(C)C1CCCN(c2ccc([C@H](C)O)cc2F)CC1. The van der Waals surface area contributed by atoms with Crippen LogP contribution in [0.15, 0.2) is 18.2 Å². The summed E-state index contributed by atoms with van der Waals surface area (Å²) in [5, 5.41) is 9.51. The maximum Gasteiger partial charge on any atom is 0.146 e. The summed E-state index contributed by atoms with van der Waals surface area (Å²) in [4.78, 5) is 2.16. The molecule has 1 heterocycles. The van der Waals surface area contributed by atoms with Gasteiger partial charge in [-0.1, -0.05) is 19.9 Å². The Kier molecular flexibility index (Phi) is 5.03. The number of benzene rings is 1. The zero-order chi connectivity index (χ0) is 14.7. The molecule has 2 rings (SSSR count). The Morgan fingerprint density at radius 3 is 2.55 bits per heavy atom. The lowest BCUT2D eigenvalue weighted by molar-refractivity contribution is 0.199. The number of hydrogen-bond donors (Lipinski definition) is 1.